The normalized spacial score (nSPS) is 20.4. The predicted molar refractivity (Wildman–Crippen MR) is 60.7 cm³/mol. The van der Waals surface area contributed by atoms with Crippen molar-refractivity contribution >= 4 is 11.9 Å². The van der Waals surface area contributed by atoms with E-state index >= 15 is 0 Å². The molecule has 0 N–H and O–H groups in total. The standard InChI is InChI=1S/C12H17NO3/c1-3-4-9-13-10(5-7-11(13)14)6-8-12(15)16-2/h3,6,8,10H,1,4-5,7,9H2,2H3/b8-6+/t10-/m0/s1. The fraction of sp³-hybridized carbons (Fsp3) is 0.500. The number of hydrogen-bond acceptors (Lipinski definition) is 3. The van der Waals surface area contributed by atoms with E-state index in [0.717, 1.165) is 12.8 Å². The highest BCUT2D eigenvalue weighted by atomic mass is 16.5. The maximum absolute atomic E-state index is 11.5. The van der Waals surface area contributed by atoms with E-state index in [-0.39, 0.29) is 17.9 Å². The lowest BCUT2D eigenvalue weighted by molar-refractivity contribution is -0.135. The second-order valence-electron chi connectivity index (χ2n) is 3.65. The number of hydrogen-bond donors (Lipinski definition) is 0. The Balaban J connectivity index is 2.57. The smallest absolute Gasteiger partial charge is 0.330 e. The molecule has 16 heavy (non-hydrogen) atoms. The molecule has 0 radical (unpaired) electrons. The summed E-state index contributed by atoms with van der Waals surface area (Å²) in [6, 6.07) is 0.0200. The number of methoxy groups -OCH3 is 1. The van der Waals surface area contributed by atoms with E-state index in [1.54, 1.807) is 17.1 Å². The Morgan fingerprint density at radius 3 is 3.06 bits per heavy atom. The van der Waals surface area contributed by atoms with E-state index in [0.29, 0.717) is 13.0 Å². The van der Waals surface area contributed by atoms with Crippen LogP contribution in [0.4, 0.5) is 0 Å². The van der Waals surface area contributed by atoms with E-state index in [2.05, 4.69) is 11.3 Å². The number of nitrogens with zero attached hydrogens (tertiary/aromatic N) is 1. The number of rotatable bonds is 5. The van der Waals surface area contributed by atoms with Gasteiger partial charge in [-0.2, -0.15) is 0 Å². The quantitative estimate of drug-likeness (QED) is 0.401. The highest BCUT2D eigenvalue weighted by molar-refractivity contribution is 5.83. The van der Waals surface area contributed by atoms with Gasteiger partial charge in [0, 0.05) is 19.0 Å². The fourth-order valence-corrected chi connectivity index (χ4v) is 1.73. The number of likely N-dealkylation sites (tertiary alicyclic amines) is 1. The van der Waals surface area contributed by atoms with Gasteiger partial charge in [-0.3, -0.25) is 4.79 Å². The molecule has 1 fully saturated rings. The van der Waals surface area contributed by atoms with Crippen molar-refractivity contribution in [2.24, 2.45) is 0 Å². The summed E-state index contributed by atoms with van der Waals surface area (Å²) in [6.45, 7) is 4.29. The van der Waals surface area contributed by atoms with Crippen LogP contribution in [0.15, 0.2) is 24.8 Å². The molecule has 1 atom stereocenters. The summed E-state index contributed by atoms with van der Waals surface area (Å²) in [7, 11) is 1.34. The van der Waals surface area contributed by atoms with Crippen LogP contribution in [0, 0.1) is 0 Å². The molecule has 1 heterocycles. The summed E-state index contributed by atoms with van der Waals surface area (Å²) in [6.07, 6.45) is 6.99. The summed E-state index contributed by atoms with van der Waals surface area (Å²) in [5.41, 5.74) is 0. The molecule has 0 aliphatic carbocycles. The van der Waals surface area contributed by atoms with Gasteiger partial charge in [0.1, 0.15) is 0 Å². The maximum Gasteiger partial charge on any atom is 0.330 e. The first-order valence-corrected chi connectivity index (χ1v) is 5.35. The largest absolute Gasteiger partial charge is 0.466 e. The van der Waals surface area contributed by atoms with Crippen molar-refractivity contribution in [2.45, 2.75) is 25.3 Å². The second-order valence-corrected chi connectivity index (χ2v) is 3.65. The number of esters is 1. The zero-order valence-electron chi connectivity index (χ0n) is 9.52. The van der Waals surface area contributed by atoms with Crippen molar-refractivity contribution in [3.05, 3.63) is 24.8 Å². The molecule has 0 aromatic heterocycles. The molecule has 1 aliphatic rings. The topological polar surface area (TPSA) is 46.6 Å². The van der Waals surface area contributed by atoms with Crippen LogP contribution in [0.2, 0.25) is 0 Å². The lowest BCUT2D eigenvalue weighted by Gasteiger charge is -2.21. The predicted octanol–water partition coefficient (Wildman–Crippen LogP) is 1.28. The van der Waals surface area contributed by atoms with Crippen molar-refractivity contribution in [1.82, 2.24) is 4.90 Å². The summed E-state index contributed by atoms with van der Waals surface area (Å²) in [5.74, 6) is -0.246. The molecule has 4 nitrogen and oxygen atoms in total. The van der Waals surface area contributed by atoms with E-state index in [1.807, 2.05) is 0 Å². The minimum absolute atomic E-state index is 0.0200. The highest BCUT2D eigenvalue weighted by Crippen LogP contribution is 2.20. The monoisotopic (exact) mass is 223 g/mol. The molecular weight excluding hydrogens is 206 g/mol. The minimum atomic E-state index is -0.386. The molecule has 1 rings (SSSR count). The van der Waals surface area contributed by atoms with Gasteiger partial charge in [0.2, 0.25) is 5.91 Å². The Morgan fingerprint density at radius 2 is 2.44 bits per heavy atom. The van der Waals surface area contributed by atoms with Gasteiger partial charge in [0.15, 0.2) is 0 Å². The number of carbonyl (C=O) groups excluding carboxylic acids is 2. The molecule has 4 heteroatoms. The van der Waals surface area contributed by atoms with Crippen LogP contribution in [-0.2, 0) is 14.3 Å². The number of amides is 1. The summed E-state index contributed by atoms with van der Waals surface area (Å²) >= 11 is 0. The van der Waals surface area contributed by atoms with E-state index < -0.39 is 0 Å². The molecule has 1 saturated heterocycles. The summed E-state index contributed by atoms with van der Waals surface area (Å²) < 4.78 is 4.51. The van der Waals surface area contributed by atoms with Crippen molar-refractivity contribution in [1.29, 1.82) is 0 Å². The molecule has 0 aromatic carbocycles. The Kier molecular flexibility index (Phi) is 4.76. The van der Waals surface area contributed by atoms with Gasteiger partial charge in [-0.25, -0.2) is 4.79 Å². The van der Waals surface area contributed by atoms with Crippen molar-refractivity contribution < 1.29 is 14.3 Å². The molecule has 1 aliphatic heterocycles. The average Bonchev–Trinajstić information content (AvgIpc) is 2.64. The molecule has 0 bridgehead atoms. The van der Waals surface area contributed by atoms with Crippen LogP contribution >= 0.6 is 0 Å². The van der Waals surface area contributed by atoms with Crippen molar-refractivity contribution in [2.75, 3.05) is 13.7 Å². The van der Waals surface area contributed by atoms with Crippen LogP contribution in [0.3, 0.4) is 0 Å². The molecule has 0 aromatic rings. The Hall–Kier alpha value is -1.58. The summed E-state index contributed by atoms with van der Waals surface area (Å²) in [5, 5.41) is 0. The van der Waals surface area contributed by atoms with Gasteiger partial charge in [0.05, 0.1) is 13.2 Å². The van der Waals surface area contributed by atoms with Crippen LogP contribution < -0.4 is 0 Å². The van der Waals surface area contributed by atoms with Gasteiger partial charge < -0.3 is 9.64 Å². The fourth-order valence-electron chi connectivity index (χ4n) is 1.73. The van der Waals surface area contributed by atoms with Crippen LogP contribution in [0.5, 0.6) is 0 Å². The van der Waals surface area contributed by atoms with E-state index in [4.69, 9.17) is 0 Å². The molecular formula is C12H17NO3. The molecule has 1 amide bonds. The maximum atomic E-state index is 11.5. The first-order valence-electron chi connectivity index (χ1n) is 5.35. The van der Waals surface area contributed by atoms with E-state index in [9.17, 15) is 9.59 Å². The van der Waals surface area contributed by atoms with Gasteiger partial charge in [0.25, 0.3) is 0 Å². The van der Waals surface area contributed by atoms with Gasteiger partial charge in [-0.15, -0.1) is 6.58 Å². The Morgan fingerprint density at radius 1 is 1.69 bits per heavy atom. The van der Waals surface area contributed by atoms with Gasteiger partial charge >= 0.3 is 5.97 Å². The zero-order valence-corrected chi connectivity index (χ0v) is 9.52. The van der Waals surface area contributed by atoms with Crippen molar-refractivity contribution in [3.63, 3.8) is 0 Å². The lowest BCUT2D eigenvalue weighted by atomic mass is 10.2. The first kappa shape index (κ1) is 12.5. The lowest BCUT2D eigenvalue weighted by Crippen LogP contribution is -2.32. The average molecular weight is 223 g/mol. The third-order valence-corrected chi connectivity index (χ3v) is 2.60. The molecule has 0 spiro atoms. The van der Waals surface area contributed by atoms with E-state index in [1.165, 1.54) is 13.2 Å². The molecule has 88 valence electrons. The number of carbonyl (C=O) groups is 2. The third-order valence-electron chi connectivity index (χ3n) is 2.60. The Labute approximate surface area is 95.6 Å². The Bertz CT molecular complexity index is 309. The van der Waals surface area contributed by atoms with Crippen molar-refractivity contribution in [3.8, 4) is 0 Å². The third kappa shape index (κ3) is 3.22. The second kappa shape index (κ2) is 6.10. The highest BCUT2D eigenvalue weighted by Gasteiger charge is 2.28. The molecule has 0 unspecified atom stereocenters. The van der Waals surface area contributed by atoms with Gasteiger partial charge in [-0.05, 0) is 12.8 Å². The first-order chi connectivity index (χ1) is 7.69. The number of ether oxygens (including phenoxy) is 1. The van der Waals surface area contributed by atoms with Crippen LogP contribution in [0.25, 0.3) is 0 Å². The SMILES string of the molecule is C=CCCN1C(=O)CC[C@H]1/C=C/C(=O)OC. The minimum Gasteiger partial charge on any atom is -0.466 e. The zero-order chi connectivity index (χ0) is 12.0. The van der Waals surface area contributed by atoms with Crippen LogP contribution in [0.1, 0.15) is 19.3 Å². The van der Waals surface area contributed by atoms with Gasteiger partial charge in [-0.1, -0.05) is 12.2 Å². The summed E-state index contributed by atoms with van der Waals surface area (Å²) in [4.78, 5) is 24.3. The molecule has 0 saturated carbocycles. The van der Waals surface area contributed by atoms with Crippen LogP contribution in [-0.4, -0.2) is 36.5 Å².